The summed E-state index contributed by atoms with van der Waals surface area (Å²) in [7, 11) is 0. The second-order valence-electron chi connectivity index (χ2n) is 7.75. The van der Waals surface area contributed by atoms with E-state index in [1.807, 2.05) is 18.2 Å². The van der Waals surface area contributed by atoms with Crippen molar-refractivity contribution in [2.24, 2.45) is 21.7 Å². The van der Waals surface area contributed by atoms with Crippen LogP contribution in [0, 0.1) is 5.92 Å². The Labute approximate surface area is 193 Å². The number of benzene rings is 2. The number of nitrogens with two attached hydrogens (primary N) is 1. The smallest absolute Gasteiger partial charge is 0.267 e. The maximum atomic E-state index is 13.5. The van der Waals surface area contributed by atoms with E-state index in [-0.39, 0.29) is 17.3 Å². The summed E-state index contributed by atoms with van der Waals surface area (Å²) < 4.78 is 1.47. The number of para-hydroxylation sites is 1. The van der Waals surface area contributed by atoms with Gasteiger partial charge < -0.3 is 11.1 Å². The molecule has 2 unspecified atom stereocenters. The Morgan fingerprint density at radius 1 is 1.18 bits per heavy atom. The molecular weight excluding hydrogens is 442 g/mol. The lowest BCUT2D eigenvalue weighted by atomic mass is 10.0. The Balaban J connectivity index is 1.56. The number of fused-ring (bicyclic) bond motifs is 2. The van der Waals surface area contributed by atoms with Crippen LogP contribution in [0.3, 0.4) is 0 Å². The zero-order valence-corrected chi connectivity index (χ0v) is 18.3. The van der Waals surface area contributed by atoms with Crippen LogP contribution in [0.5, 0.6) is 0 Å². The van der Waals surface area contributed by atoms with Gasteiger partial charge in [0.25, 0.3) is 5.56 Å². The molecule has 0 saturated carbocycles. The summed E-state index contributed by atoms with van der Waals surface area (Å²) in [4.78, 5) is 35.8. The molecule has 1 aromatic heterocycles. The number of halogens is 1. The standard InChI is InChI=1S/C23H20ClN7O2/c1-13(27-22(32)18-19(25)29-30-12-6-11-26-21(18)30)20-28-16-10-5-9-15(24)17(16)23(33)31(20)14-7-3-2-4-8-14/h2-13,18,21H,1H3,(H2,25,29)(H,27,32)/t13-,18?,21?/m0/s1. The first-order valence-electron chi connectivity index (χ1n) is 10.3. The lowest BCUT2D eigenvalue weighted by Gasteiger charge is -2.25. The van der Waals surface area contributed by atoms with E-state index < -0.39 is 18.1 Å². The zero-order chi connectivity index (χ0) is 23.1. The number of rotatable bonds is 4. The van der Waals surface area contributed by atoms with Crippen molar-refractivity contribution in [1.29, 1.82) is 0 Å². The molecule has 0 saturated heterocycles. The van der Waals surface area contributed by atoms with Crippen molar-refractivity contribution in [1.82, 2.24) is 19.9 Å². The summed E-state index contributed by atoms with van der Waals surface area (Å²) in [5.74, 6) is -0.581. The van der Waals surface area contributed by atoms with Crippen LogP contribution in [0.1, 0.15) is 18.8 Å². The van der Waals surface area contributed by atoms with Gasteiger partial charge in [0, 0.05) is 12.4 Å². The molecule has 3 heterocycles. The third-order valence-corrected chi connectivity index (χ3v) is 5.91. The number of hydrazone groups is 1. The number of aliphatic imine (C=N–C) groups is 1. The quantitative estimate of drug-likeness (QED) is 0.618. The minimum Gasteiger partial charge on any atom is -0.385 e. The normalized spacial score (nSPS) is 19.9. The molecule has 2 aliphatic rings. The highest BCUT2D eigenvalue weighted by Gasteiger charge is 2.41. The van der Waals surface area contributed by atoms with Crippen LogP contribution < -0.4 is 16.6 Å². The Hall–Kier alpha value is -3.98. The van der Waals surface area contributed by atoms with Crippen molar-refractivity contribution in [3.05, 3.63) is 82.0 Å². The first-order valence-corrected chi connectivity index (χ1v) is 10.7. The summed E-state index contributed by atoms with van der Waals surface area (Å²) in [6.45, 7) is 1.76. The molecule has 2 aromatic carbocycles. The number of aromatic nitrogens is 2. The van der Waals surface area contributed by atoms with Crippen LogP contribution in [0.25, 0.3) is 16.6 Å². The van der Waals surface area contributed by atoms with Crippen LogP contribution in [0.15, 0.2) is 75.7 Å². The van der Waals surface area contributed by atoms with Gasteiger partial charge in [-0.05, 0) is 37.3 Å². The Kier molecular flexibility index (Phi) is 5.18. The van der Waals surface area contributed by atoms with E-state index in [1.165, 1.54) is 4.57 Å². The summed E-state index contributed by atoms with van der Waals surface area (Å²) in [5.41, 5.74) is 6.79. The van der Waals surface area contributed by atoms with Gasteiger partial charge in [-0.15, -0.1) is 0 Å². The fraction of sp³-hybridized carbons (Fsp3) is 0.174. The summed E-state index contributed by atoms with van der Waals surface area (Å²) in [6.07, 6.45) is 4.50. The predicted molar refractivity (Wildman–Crippen MR) is 127 cm³/mol. The van der Waals surface area contributed by atoms with Gasteiger partial charge in [-0.3, -0.25) is 19.1 Å². The topological polar surface area (TPSA) is 118 Å². The van der Waals surface area contributed by atoms with Crippen molar-refractivity contribution in [2.75, 3.05) is 0 Å². The van der Waals surface area contributed by atoms with Crippen molar-refractivity contribution in [2.45, 2.75) is 19.1 Å². The molecule has 0 fully saturated rings. The van der Waals surface area contributed by atoms with E-state index in [2.05, 4.69) is 15.4 Å². The zero-order valence-electron chi connectivity index (χ0n) is 17.6. The molecule has 3 N–H and O–H groups in total. The largest absolute Gasteiger partial charge is 0.385 e. The maximum Gasteiger partial charge on any atom is 0.267 e. The van der Waals surface area contributed by atoms with Gasteiger partial charge in [0.1, 0.15) is 17.6 Å². The number of carbonyl (C=O) groups is 1. The predicted octanol–water partition coefficient (Wildman–Crippen LogP) is 2.34. The second-order valence-corrected chi connectivity index (χ2v) is 8.15. The molecule has 1 amide bonds. The van der Waals surface area contributed by atoms with Gasteiger partial charge in [0.15, 0.2) is 6.17 Å². The first kappa shape index (κ1) is 20.9. The molecule has 3 atom stereocenters. The van der Waals surface area contributed by atoms with Gasteiger partial charge in [-0.1, -0.05) is 35.9 Å². The van der Waals surface area contributed by atoms with Crippen molar-refractivity contribution in [3.8, 4) is 5.69 Å². The molecule has 0 aliphatic carbocycles. The molecule has 9 nitrogen and oxygen atoms in total. The van der Waals surface area contributed by atoms with Crippen LogP contribution >= 0.6 is 11.6 Å². The van der Waals surface area contributed by atoms with E-state index in [9.17, 15) is 9.59 Å². The van der Waals surface area contributed by atoms with Gasteiger partial charge in [0.05, 0.1) is 27.7 Å². The van der Waals surface area contributed by atoms with Crippen LogP contribution in [-0.4, -0.2) is 38.7 Å². The third-order valence-electron chi connectivity index (χ3n) is 5.60. The SMILES string of the molecule is C[C@H](NC(=O)C1C(N)=NN2C=CC=NC12)c1nc2cccc(Cl)c2c(=O)n1-c1ccccc1. The molecule has 10 heteroatoms. The molecule has 0 spiro atoms. The molecule has 166 valence electrons. The van der Waals surface area contributed by atoms with Crippen molar-refractivity contribution < 1.29 is 4.79 Å². The minimum absolute atomic E-state index is 0.173. The van der Waals surface area contributed by atoms with E-state index in [0.29, 0.717) is 27.4 Å². The molecule has 33 heavy (non-hydrogen) atoms. The number of amidine groups is 1. The number of nitrogens with zero attached hydrogens (tertiary/aromatic N) is 5. The highest BCUT2D eigenvalue weighted by atomic mass is 35.5. The van der Waals surface area contributed by atoms with Gasteiger partial charge in [0.2, 0.25) is 5.91 Å². The highest BCUT2D eigenvalue weighted by Crippen LogP contribution is 2.26. The molecule has 2 aliphatic heterocycles. The van der Waals surface area contributed by atoms with Crippen LogP contribution in [-0.2, 0) is 4.79 Å². The second kappa shape index (κ2) is 8.18. The van der Waals surface area contributed by atoms with Gasteiger partial charge in [-0.2, -0.15) is 5.10 Å². The van der Waals surface area contributed by atoms with Crippen LogP contribution in [0.2, 0.25) is 5.02 Å². The third kappa shape index (κ3) is 3.56. The number of hydrogen-bond acceptors (Lipinski definition) is 7. The number of hydrogen-bond donors (Lipinski definition) is 2. The summed E-state index contributed by atoms with van der Waals surface area (Å²) >= 11 is 6.33. The molecule has 0 radical (unpaired) electrons. The molecular formula is C23H20ClN7O2. The summed E-state index contributed by atoms with van der Waals surface area (Å²) in [5, 5.41) is 9.33. The molecule has 3 aromatic rings. The van der Waals surface area contributed by atoms with Gasteiger partial charge in [-0.25, -0.2) is 9.99 Å². The number of nitrogens with one attached hydrogen (secondary N) is 1. The summed E-state index contributed by atoms with van der Waals surface area (Å²) in [6, 6.07) is 13.6. The van der Waals surface area contributed by atoms with E-state index in [1.54, 1.807) is 60.8 Å². The van der Waals surface area contributed by atoms with E-state index >= 15 is 0 Å². The molecule has 5 rings (SSSR count). The molecule has 0 bridgehead atoms. The van der Waals surface area contributed by atoms with Crippen LogP contribution in [0.4, 0.5) is 0 Å². The van der Waals surface area contributed by atoms with Crippen molar-refractivity contribution >= 4 is 40.5 Å². The van der Waals surface area contributed by atoms with E-state index in [4.69, 9.17) is 22.3 Å². The van der Waals surface area contributed by atoms with E-state index in [0.717, 1.165) is 0 Å². The Morgan fingerprint density at radius 2 is 1.97 bits per heavy atom. The minimum atomic E-state index is -0.763. The highest BCUT2D eigenvalue weighted by molar-refractivity contribution is 6.35. The Bertz CT molecular complexity index is 1400. The first-order chi connectivity index (χ1) is 16.0. The van der Waals surface area contributed by atoms with Gasteiger partial charge >= 0.3 is 0 Å². The maximum absolute atomic E-state index is 13.5. The average Bonchev–Trinajstić information content (AvgIpc) is 3.15. The number of carbonyl (C=O) groups excluding carboxylic acids is 1. The number of allylic oxidation sites excluding steroid dienone is 1. The average molecular weight is 462 g/mol. The monoisotopic (exact) mass is 461 g/mol. The van der Waals surface area contributed by atoms with Crippen molar-refractivity contribution in [3.63, 3.8) is 0 Å². The lowest BCUT2D eigenvalue weighted by molar-refractivity contribution is -0.124. The fourth-order valence-electron chi connectivity index (χ4n) is 4.06. The lowest BCUT2D eigenvalue weighted by Crippen LogP contribution is -2.45. The number of amides is 1. The Morgan fingerprint density at radius 3 is 2.76 bits per heavy atom. The fourth-order valence-corrected chi connectivity index (χ4v) is 4.31.